The molecule has 0 spiro atoms. The molecule has 7 heteroatoms. The predicted molar refractivity (Wildman–Crippen MR) is 93.4 cm³/mol. The minimum Gasteiger partial charge on any atom is -0.341 e. The van der Waals surface area contributed by atoms with E-state index in [1.165, 1.54) is 0 Å². The van der Waals surface area contributed by atoms with Crippen molar-refractivity contribution in [2.75, 3.05) is 30.2 Å². The number of sulfonamides is 1. The number of anilines is 1. The average Bonchev–Trinajstić information content (AvgIpc) is 2.47. The third kappa shape index (κ3) is 4.38. The lowest BCUT2D eigenvalue weighted by atomic mass is 9.99. The number of benzene rings is 1. The highest BCUT2D eigenvalue weighted by molar-refractivity contribution is 7.92. The topological polar surface area (TPSA) is 57.7 Å². The Morgan fingerprint density at radius 3 is 2.52 bits per heavy atom. The first-order valence-corrected chi connectivity index (χ1v) is 9.93. The zero-order chi connectivity index (χ0) is 17.2. The van der Waals surface area contributed by atoms with Crippen LogP contribution in [0.1, 0.15) is 25.3 Å². The van der Waals surface area contributed by atoms with Crippen LogP contribution in [0, 0.1) is 12.8 Å². The van der Waals surface area contributed by atoms with Gasteiger partial charge >= 0.3 is 0 Å². The van der Waals surface area contributed by atoms with Crippen LogP contribution in [0.2, 0.25) is 5.02 Å². The molecule has 0 aromatic heterocycles. The van der Waals surface area contributed by atoms with Crippen molar-refractivity contribution in [3.05, 3.63) is 28.8 Å². The molecule has 0 saturated carbocycles. The quantitative estimate of drug-likeness (QED) is 0.831. The highest BCUT2D eigenvalue weighted by Crippen LogP contribution is 2.28. The van der Waals surface area contributed by atoms with Crippen molar-refractivity contribution >= 4 is 33.2 Å². The summed E-state index contributed by atoms with van der Waals surface area (Å²) in [5.41, 5.74) is 1.11. The van der Waals surface area contributed by atoms with E-state index in [2.05, 4.69) is 6.92 Å². The maximum Gasteiger partial charge on any atom is 0.243 e. The zero-order valence-corrected chi connectivity index (χ0v) is 15.3. The second-order valence-corrected chi connectivity index (χ2v) is 8.53. The van der Waals surface area contributed by atoms with Crippen molar-refractivity contribution in [3.63, 3.8) is 0 Å². The molecule has 5 nitrogen and oxygen atoms in total. The summed E-state index contributed by atoms with van der Waals surface area (Å²) < 4.78 is 25.5. The second-order valence-electron chi connectivity index (χ2n) is 6.22. The van der Waals surface area contributed by atoms with E-state index in [-0.39, 0.29) is 12.5 Å². The van der Waals surface area contributed by atoms with E-state index in [0.29, 0.717) is 35.3 Å². The van der Waals surface area contributed by atoms with Gasteiger partial charge in [-0.3, -0.25) is 9.10 Å². The molecule has 2 rings (SSSR count). The maximum absolute atomic E-state index is 12.5. The first-order valence-electron chi connectivity index (χ1n) is 7.70. The predicted octanol–water partition coefficient (Wildman–Crippen LogP) is 2.67. The van der Waals surface area contributed by atoms with E-state index in [1.54, 1.807) is 30.0 Å². The number of nitrogens with zero attached hydrogens (tertiary/aromatic N) is 2. The van der Waals surface area contributed by atoms with Crippen LogP contribution in [0.15, 0.2) is 18.2 Å². The van der Waals surface area contributed by atoms with Crippen LogP contribution >= 0.6 is 11.6 Å². The number of carbonyl (C=O) groups excluding carboxylic acids is 1. The molecule has 1 aliphatic heterocycles. The minimum absolute atomic E-state index is 0.165. The SMILES string of the molecule is Cc1c(Cl)cccc1N(CC(=O)N1CCC(C)CC1)S(C)(=O)=O. The molecule has 1 aromatic rings. The number of rotatable bonds is 4. The van der Waals surface area contributed by atoms with Gasteiger partial charge in [0.25, 0.3) is 0 Å². The summed E-state index contributed by atoms with van der Waals surface area (Å²) in [7, 11) is -3.57. The third-order valence-corrected chi connectivity index (χ3v) is 5.86. The lowest BCUT2D eigenvalue weighted by Gasteiger charge is -2.32. The Balaban J connectivity index is 2.24. The van der Waals surface area contributed by atoms with Gasteiger partial charge in [0.1, 0.15) is 6.54 Å². The average molecular weight is 359 g/mol. The van der Waals surface area contributed by atoms with Gasteiger partial charge in [-0.2, -0.15) is 0 Å². The minimum atomic E-state index is -3.57. The zero-order valence-electron chi connectivity index (χ0n) is 13.8. The van der Waals surface area contributed by atoms with E-state index in [9.17, 15) is 13.2 Å². The Labute approximate surface area is 143 Å². The van der Waals surface area contributed by atoms with Gasteiger partial charge < -0.3 is 4.90 Å². The Morgan fingerprint density at radius 2 is 1.96 bits per heavy atom. The van der Waals surface area contributed by atoms with Crippen molar-refractivity contribution in [2.45, 2.75) is 26.7 Å². The summed E-state index contributed by atoms with van der Waals surface area (Å²) in [6.45, 7) is 5.11. The highest BCUT2D eigenvalue weighted by Gasteiger charge is 2.27. The number of carbonyl (C=O) groups is 1. The molecule has 1 saturated heterocycles. The molecule has 0 aliphatic carbocycles. The third-order valence-electron chi connectivity index (χ3n) is 4.32. The molecule has 0 atom stereocenters. The van der Waals surface area contributed by atoms with Crippen molar-refractivity contribution < 1.29 is 13.2 Å². The molecule has 0 N–H and O–H groups in total. The fourth-order valence-electron chi connectivity index (χ4n) is 2.73. The summed E-state index contributed by atoms with van der Waals surface area (Å²) in [4.78, 5) is 14.3. The molecule has 0 bridgehead atoms. The number of halogens is 1. The van der Waals surface area contributed by atoms with E-state index < -0.39 is 10.0 Å². The van der Waals surface area contributed by atoms with Gasteiger partial charge in [0.2, 0.25) is 15.9 Å². The first-order chi connectivity index (χ1) is 10.7. The summed E-state index contributed by atoms with van der Waals surface area (Å²) in [6.07, 6.45) is 3.03. The lowest BCUT2D eigenvalue weighted by molar-refractivity contribution is -0.130. The van der Waals surface area contributed by atoms with E-state index in [0.717, 1.165) is 23.4 Å². The van der Waals surface area contributed by atoms with Crippen LogP contribution in [-0.4, -0.2) is 45.1 Å². The summed E-state index contributed by atoms with van der Waals surface area (Å²) in [5.74, 6) is 0.446. The van der Waals surface area contributed by atoms with Gasteiger partial charge in [-0.05, 0) is 43.4 Å². The molecular weight excluding hydrogens is 336 g/mol. The summed E-state index contributed by atoms with van der Waals surface area (Å²) in [5, 5.41) is 0.482. The summed E-state index contributed by atoms with van der Waals surface area (Å²) in [6, 6.07) is 5.07. The van der Waals surface area contributed by atoms with E-state index in [4.69, 9.17) is 11.6 Å². The Bertz CT molecular complexity index is 683. The highest BCUT2D eigenvalue weighted by atomic mass is 35.5. The normalized spacial score (nSPS) is 16.4. The molecule has 1 aromatic carbocycles. The van der Waals surface area contributed by atoms with Gasteiger partial charge in [-0.1, -0.05) is 24.6 Å². The van der Waals surface area contributed by atoms with Crippen LogP contribution in [0.5, 0.6) is 0 Å². The molecule has 128 valence electrons. The Kier molecular flexibility index (Phi) is 5.57. The standard InChI is InChI=1S/C16H23ClN2O3S/c1-12-7-9-18(10-8-12)16(20)11-19(23(3,21)22)15-6-4-5-14(17)13(15)2/h4-6,12H,7-11H2,1-3H3. The van der Waals surface area contributed by atoms with Gasteiger partial charge in [-0.25, -0.2) is 8.42 Å². The fourth-order valence-corrected chi connectivity index (χ4v) is 3.80. The Hall–Kier alpha value is -1.27. The molecular formula is C16H23ClN2O3S. The summed E-state index contributed by atoms with van der Waals surface area (Å²) >= 11 is 6.09. The van der Waals surface area contributed by atoms with Crippen LogP contribution in [0.3, 0.4) is 0 Å². The maximum atomic E-state index is 12.5. The molecule has 1 heterocycles. The molecule has 0 radical (unpaired) electrons. The molecule has 1 fully saturated rings. The fraction of sp³-hybridized carbons (Fsp3) is 0.562. The van der Waals surface area contributed by atoms with Crippen molar-refractivity contribution in [2.24, 2.45) is 5.92 Å². The lowest BCUT2D eigenvalue weighted by Crippen LogP contribution is -2.45. The molecule has 1 aliphatic rings. The van der Waals surface area contributed by atoms with Crippen LogP contribution in [-0.2, 0) is 14.8 Å². The number of hydrogen-bond donors (Lipinski definition) is 0. The van der Waals surface area contributed by atoms with Crippen molar-refractivity contribution in [1.82, 2.24) is 4.90 Å². The molecule has 23 heavy (non-hydrogen) atoms. The van der Waals surface area contributed by atoms with Crippen LogP contribution in [0.25, 0.3) is 0 Å². The van der Waals surface area contributed by atoms with Gasteiger partial charge in [0, 0.05) is 18.1 Å². The largest absolute Gasteiger partial charge is 0.341 e. The van der Waals surface area contributed by atoms with Crippen molar-refractivity contribution in [1.29, 1.82) is 0 Å². The smallest absolute Gasteiger partial charge is 0.243 e. The number of piperidine rings is 1. The molecule has 1 amide bonds. The Morgan fingerprint density at radius 1 is 1.35 bits per heavy atom. The van der Waals surface area contributed by atoms with E-state index in [1.807, 2.05) is 0 Å². The number of likely N-dealkylation sites (tertiary alicyclic amines) is 1. The van der Waals surface area contributed by atoms with Gasteiger partial charge in [-0.15, -0.1) is 0 Å². The molecule has 0 unspecified atom stereocenters. The van der Waals surface area contributed by atoms with Crippen molar-refractivity contribution in [3.8, 4) is 0 Å². The van der Waals surface area contributed by atoms with Gasteiger partial charge in [0.05, 0.1) is 11.9 Å². The van der Waals surface area contributed by atoms with Crippen LogP contribution in [0.4, 0.5) is 5.69 Å². The monoisotopic (exact) mass is 358 g/mol. The first kappa shape index (κ1) is 18.1. The van der Waals surface area contributed by atoms with Gasteiger partial charge in [0.15, 0.2) is 0 Å². The van der Waals surface area contributed by atoms with Crippen LogP contribution < -0.4 is 4.31 Å². The number of amides is 1. The number of hydrogen-bond acceptors (Lipinski definition) is 3. The second kappa shape index (κ2) is 7.09. The van der Waals surface area contributed by atoms with E-state index >= 15 is 0 Å².